The normalized spacial score (nSPS) is 12.0. The van der Waals surface area contributed by atoms with Gasteiger partial charge in [0.25, 0.3) is 0 Å². The number of hydrogen-bond donors (Lipinski definition) is 3. The highest BCUT2D eigenvalue weighted by Gasteiger charge is 2.33. The highest BCUT2D eigenvalue weighted by molar-refractivity contribution is 5.80. The lowest BCUT2D eigenvalue weighted by atomic mass is 9.87. The van der Waals surface area contributed by atoms with Crippen molar-refractivity contribution in [3.8, 4) is 0 Å². The highest BCUT2D eigenvalue weighted by atomic mass is 16.5. The van der Waals surface area contributed by atoms with Crippen molar-refractivity contribution in [3.63, 3.8) is 0 Å². The summed E-state index contributed by atoms with van der Waals surface area (Å²) in [5.41, 5.74) is 5.37. The number of rotatable bonds is 4. The average molecular weight is 324 g/mol. The Morgan fingerprint density at radius 1 is 1.22 bits per heavy atom. The number of nitrogens with two attached hydrogens (primary N) is 1. The van der Waals surface area contributed by atoms with E-state index in [1.54, 1.807) is 20.8 Å². The average Bonchev–Trinajstić information content (AvgIpc) is 2.41. The number of hydrogen-bond acceptors (Lipinski definition) is 4. The lowest BCUT2D eigenvalue weighted by Gasteiger charge is -2.27. The van der Waals surface area contributed by atoms with Gasteiger partial charge in [0.1, 0.15) is 12.6 Å². The molecular weight excluding hydrogens is 296 g/mol. The van der Waals surface area contributed by atoms with E-state index in [2.05, 4.69) is 5.32 Å². The van der Waals surface area contributed by atoms with Crippen LogP contribution in [0, 0.1) is 5.41 Å². The Hall–Kier alpha value is -2.08. The van der Waals surface area contributed by atoms with Crippen molar-refractivity contribution in [3.05, 3.63) is 35.9 Å². The number of amides is 1. The molecule has 0 saturated heterocycles. The molecule has 0 saturated carbocycles. The van der Waals surface area contributed by atoms with Gasteiger partial charge in [0.05, 0.1) is 0 Å². The minimum absolute atomic E-state index is 0.114. The van der Waals surface area contributed by atoms with Crippen LogP contribution in [0.25, 0.3) is 0 Å². The van der Waals surface area contributed by atoms with E-state index in [1.165, 1.54) is 0 Å². The quantitative estimate of drug-likeness (QED) is 0.790. The number of aliphatic carboxylic acids is 1. The van der Waals surface area contributed by atoms with E-state index in [4.69, 9.17) is 15.6 Å². The van der Waals surface area contributed by atoms with Gasteiger partial charge in [0, 0.05) is 0 Å². The summed E-state index contributed by atoms with van der Waals surface area (Å²) >= 11 is 0. The molecule has 0 aliphatic carbocycles. The lowest BCUT2D eigenvalue weighted by molar-refractivity contribution is -0.142. The summed E-state index contributed by atoms with van der Waals surface area (Å²) in [5.74, 6) is -1.08. The molecule has 130 valence electrons. The molecule has 23 heavy (non-hydrogen) atoms. The second-order valence-electron chi connectivity index (χ2n) is 6.59. The maximum absolute atomic E-state index is 11.6. The third-order valence-electron chi connectivity index (χ3n) is 2.59. The number of benzene rings is 1. The van der Waals surface area contributed by atoms with Crippen LogP contribution in [0.1, 0.15) is 40.2 Å². The standard InChI is InChI=1S/C14H19NO4.C3H9N/c1-14(2,3)11(12(16)17)15-13(18)19-9-10-7-5-4-6-8-10;1-3(2)4/h4-8,11H,9H2,1-3H3,(H,15,18)(H,16,17);3H,4H2,1-2H3/t11-;/m0./s1. The number of nitrogens with one attached hydrogen (secondary N) is 1. The zero-order chi connectivity index (χ0) is 18.0. The third-order valence-corrected chi connectivity index (χ3v) is 2.59. The first-order chi connectivity index (χ1) is 10.5. The summed E-state index contributed by atoms with van der Waals surface area (Å²) in [7, 11) is 0. The van der Waals surface area contributed by atoms with E-state index >= 15 is 0 Å². The van der Waals surface area contributed by atoms with E-state index < -0.39 is 23.5 Å². The van der Waals surface area contributed by atoms with E-state index in [0.717, 1.165) is 5.56 Å². The molecule has 4 N–H and O–H groups in total. The van der Waals surface area contributed by atoms with E-state index in [9.17, 15) is 9.59 Å². The number of carbonyl (C=O) groups is 2. The Balaban J connectivity index is 0.00000108. The molecule has 1 rings (SSSR count). The Morgan fingerprint density at radius 2 is 1.70 bits per heavy atom. The van der Waals surface area contributed by atoms with E-state index in [-0.39, 0.29) is 6.61 Å². The van der Waals surface area contributed by atoms with Crippen LogP contribution >= 0.6 is 0 Å². The fourth-order valence-corrected chi connectivity index (χ4v) is 1.53. The van der Waals surface area contributed by atoms with Crippen molar-refractivity contribution >= 4 is 12.1 Å². The molecule has 6 heteroatoms. The number of alkyl carbamates (subject to hydrolysis) is 1. The van der Waals surface area contributed by atoms with Gasteiger partial charge in [-0.2, -0.15) is 0 Å². The molecule has 0 fully saturated rings. The molecule has 0 bridgehead atoms. The second kappa shape index (κ2) is 9.84. The molecule has 1 aromatic rings. The van der Waals surface area contributed by atoms with Crippen LogP contribution in [0.3, 0.4) is 0 Å². The zero-order valence-corrected chi connectivity index (χ0v) is 14.5. The third kappa shape index (κ3) is 10.3. The van der Waals surface area contributed by atoms with Gasteiger partial charge in [-0.25, -0.2) is 9.59 Å². The van der Waals surface area contributed by atoms with Crippen molar-refractivity contribution < 1.29 is 19.4 Å². The Morgan fingerprint density at radius 3 is 2.09 bits per heavy atom. The number of carbonyl (C=O) groups excluding carboxylic acids is 1. The van der Waals surface area contributed by atoms with Gasteiger partial charge >= 0.3 is 12.1 Å². The van der Waals surface area contributed by atoms with Crippen LogP contribution in [0.5, 0.6) is 0 Å². The summed E-state index contributed by atoms with van der Waals surface area (Å²) in [6.07, 6.45) is -0.730. The fraction of sp³-hybridized carbons (Fsp3) is 0.529. The van der Waals surface area contributed by atoms with Crippen LogP contribution in [0.2, 0.25) is 0 Å². The summed E-state index contributed by atoms with van der Waals surface area (Å²) in [4.78, 5) is 22.7. The van der Waals surface area contributed by atoms with Crippen molar-refractivity contribution in [1.29, 1.82) is 0 Å². The largest absolute Gasteiger partial charge is 0.480 e. The molecule has 1 aromatic carbocycles. The molecule has 0 aliphatic rings. The SMILES string of the molecule is CC(C)(C)[C@@H](NC(=O)OCc1ccccc1)C(=O)O.CC(C)N. The minimum atomic E-state index is -1.08. The molecular formula is C17H28N2O4. The van der Waals surface area contributed by atoms with E-state index in [1.807, 2.05) is 44.2 Å². The summed E-state index contributed by atoms with van der Waals surface area (Å²) in [5, 5.41) is 11.4. The van der Waals surface area contributed by atoms with Crippen molar-refractivity contribution in [1.82, 2.24) is 5.32 Å². The topological polar surface area (TPSA) is 102 Å². The number of carboxylic acid groups (broad SMARTS) is 1. The molecule has 0 spiro atoms. The first-order valence-electron chi connectivity index (χ1n) is 7.49. The predicted molar refractivity (Wildman–Crippen MR) is 90.0 cm³/mol. The van der Waals surface area contributed by atoms with E-state index in [0.29, 0.717) is 6.04 Å². The zero-order valence-electron chi connectivity index (χ0n) is 14.5. The molecule has 1 atom stereocenters. The maximum Gasteiger partial charge on any atom is 0.408 e. The summed E-state index contributed by atoms with van der Waals surface area (Å²) in [6, 6.07) is 8.54. The van der Waals surface area contributed by atoms with Gasteiger partial charge in [-0.1, -0.05) is 65.0 Å². The summed E-state index contributed by atoms with van der Waals surface area (Å²) < 4.78 is 4.99. The monoisotopic (exact) mass is 324 g/mol. The van der Waals surface area contributed by atoms with Gasteiger partial charge in [0.15, 0.2) is 0 Å². The van der Waals surface area contributed by atoms with Gasteiger partial charge in [0.2, 0.25) is 0 Å². The molecule has 0 heterocycles. The highest BCUT2D eigenvalue weighted by Crippen LogP contribution is 2.19. The van der Waals surface area contributed by atoms with Crippen LogP contribution < -0.4 is 11.1 Å². The molecule has 0 radical (unpaired) electrons. The van der Waals surface area contributed by atoms with Crippen molar-refractivity contribution in [2.45, 2.75) is 53.3 Å². The first-order valence-corrected chi connectivity index (χ1v) is 7.49. The molecule has 1 amide bonds. The summed E-state index contributed by atoms with van der Waals surface area (Å²) in [6.45, 7) is 9.22. The van der Waals surface area contributed by atoms with Gasteiger partial charge in [-0.3, -0.25) is 0 Å². The van der Waals surface area contributed by atoms with Gasteiger partial charge in [-0.05, 0) is 17.0 Å². The Kier molecular flexibility index (Phi) is 8.95. The van der Waals surface area contributed by atoms with Crippen molar-refractivity contribution in [2.24, 2.45) is 11.1 Å². The molecule has 0 aliphatic heterocycles. The second-order valence-corrected chi connectivity index (χ2v) is 6.59. The first kappa shape index (κ1) is 20.9. The smallest absolute Gasteiger partial charge is 0.408 e. The fourth-order valence-electron chi connectivity index (χ4n) is 1.53. The van der Waals surface area contributed by atoms with Crippen LogP contribution in [0.4, 0.5) is 4.79 Å². The van der Waals surface area contributed by atoms with Crippen LogP contribution in [0.15, 0.2) is 30.3 Å². The predicted octanol–water partition coefficient (Wildman–Crippen LogP) is 2.77. The van der Waals surface area contributed by atoms with Crippen molar-refractivity contribution in [2.75, 3.05) is 0 Å². The molecule has 0 unspecified atom stereocenters. The molecule has 0 aromatic heterocycles. The van der Waals surface area contributed by atoms with Gasteiger partial charge < -0.3 is 20.9 Å². The number of ether oxygens (including phenoxy) is 1. The van der Waals surface area contributed by atoms with Gasteiger partial charge in [-0.15, -0.1) is 0 Å². The Labute approximate surface area is 138 Å². The van der Waals surface area contributed by atoms with Crippen LogP contribution in [-0.2, 0) is 16.1 Å². The molecule has 6 nitrogen and oxygen atoms in total. The minimum Gasteiger partial charge on any atom is -0.480 e. The van der Waals surface area contributed by atoms with Crippen LogP contribution in [-0.4, -0.2) is 29.3 Å². The lowest BCUT2D eigenvalue weighted by Crippen LogP contribution is -2.49. The number of carboxylic acids is 1. The maximum atomic E-state index is 11.6. The Bertz CT molecular complexity index is 478.